The van der Waals surface area contributed by atoms with Crippen molar-refractivity contribution in [2.24, 2.45) is 7.05 Å². The molecule has 1 saturated heterocycles. The number of anilines is 1. The number of rotatable bonds is 3. The fraction of sp³-hybridized carbons (Fsp3) is 0.429. The Bertz CT molecular complexity index is 822. The molecule has 1 atom stereocenters. The van der Waals surface area contributed by atoms with Gasteiger partial charge in [0.05, 0.1) is 12.3 Å². The Morgan fingerprint density at radius 3 is 2.93 bits per heavy atom. The van der Waals surface area contributed by atoms with Gasteiger partial charge in [0.1, 0.15) is 5.82 Å². The van der Waals surface area contributed by atoms with E-state index < -0.39 is 0 Å². The second kappa shape index (κ2) is 7.96. The number of nitrogens with one attached hydrogen (secondary N) is 1. The maximum absolute atomic E-state index is 12.8. The molecule has 0 saturated carbocycles. The van der Waals surface area contributed by atoms with E-state index in [0.717, 1.165) is 43.9 Å². The summed E-state index contributed by atoms with van der Waals surface area (Å²) < 4.78 is 7.31. The van der Waals surface area contributed by atoms with Crippen molar-refractivity contribution in [3.63, 3.8) is 0 Å². The monoisotopic (exact) mass is 366 g/mol. The number of carbonyl (C=O) groups excluding carboxylic acids is 1. The van der Waals surface area contributed by atoms with Crippen molar-refractivity contribution in [1.29, 1.82) is 0 Å². The number of benzene rings is 1. The fourth-order valence-corrected chi connectivity index (χ4v) is 3.75. The van der Waals surface area contributed by atoms with Gasteiger partial charge in [-0.25, -0.2) is 4.79 Å². The third-order valence-corrected chi connectivity index (χ3v) is 5.30. The zero-order chi connectivity index (χ0) is 18.6. The minimum atomic E-state index is -0.0778. The molecule has 4 rings (SSSR count). The molecule has 6 heteroatoms. The summed E-state index contributed by atoms with van der Waals surface area (Å²) in [5.74, 6) is 1.05. The van der Waals surface area contributed by atoms with Crippen LogP contribution < -0.4 is 5.32 Å². The number of aromatic nitrogens is 2. The molecular weight excluding hydrogens is 340 g/mol. The molecule has 2 amide bonds. The van der Waals surface area contributed by atoms with E-state index in [2.05, 4.69) is 28.6 Å². The van der Waals surface area contributed by atoms with Gasteiger partial charge in [-0.2, -0.15) is 5.10 Å². The quantitative estimate of drug-likeness (QED) is 0.902. The van der Waals surface area contributed by atoms with E-state index in [9.17, 15) is 4.79 Å². The molecule has 1 N–H and O–H groups in total. The molecule has 3 heterocycles. The summed E-state index contributed by atoms with van der Waals surface area (Å²) in [6, 6.07) is 12.2. The Morgan fingerprint density at radius 2 is 2.15 bits per heavy atom. The van der Waals surface area contributed by atoms with Crippen LogP contribution in [0.2, 0.25) is 0 Å². The second-order valence-corrected chi connectivity index (χ2v) is 7.23. The van der Waals surface area contributed by atoms with Gasteiger partial charge in [-0.1, -0.05) is 36.4 Å². The number of nitrogens with zero attached hydrogens (tertiary/aromatic N) is 3. The van der Waals surface area contributed by atoms with Crippen LogP contribution in [0.5, 0.6) is 0 Å². The van der Waals surface area contributed by atoms with Crippen molar-refractivity contribution in [2.75, 3.05) is 31.6 Å². The molecule has 27 heavy (non-hydrogen) atoms. The van der Waals surface area contributed by atoms with Gasteiger partial charge in [-0.15, -0.1) is 0 Å². The molecule has 2 aliphatic rings. The summed E-state index contributed by atoms with van der Waals surface area (Å²) in [5.41, 5.74) is 3.37. The maximum Gasteiger partial charge on any atom is 0.323 e. The lowest BCUT2D eigenvalue weighted by molar-refractivity contribution is 0.0791. The molecule has 0 bridgehead atoms. The van der Waals surface area contributed by atoms with Crippen molar-refractivity contribution in [2.45, 2.75) is 25.2 Å². The molecule has 6 nitrogen and oxygen atoms in total. The summed E-state index contributed by atoms with van der Waals surface area (Å²) in [4.78, 5) is 14.7. The molecule has 0 aliphatic carbocycles. The Labute approximate surface area is 159 Å². The summed E-state index contributed by atoms with van der Waals surface area (Å²) in [6.45, 7) is 2.89. The number of carbonyl (C=O) groups is 1. The Balaban J connectivity index is 1.42. The number of aryl methyl sites for hydroxylation is 1. The van der Waals surface area contributed by atoms with E-state index in [1.807, 2.05) is 36.2 Å². The fourth-order valence-electron chi connectivity index (χ4n) is 3.75. The van der Waals surface area contributed by atoms with Crippen molar-refractivity contribution in [1.82, 2.24) is 14.7 Å². The van der Waals surface area contributed by atoms with Gasteiger partial charge in [0.15, 0.2) is 0 Å². The molecule has 0 radical (unpaired) electrons. The first-order valence-electron chi connectivity index (χ1n) is 9.63. The SMILES string of the molecule is Cn1nc(C2CCCOC2)cc1NC(=O)N1CCC=C(c2ccccc2)C1. The van der Waals surface area contributed by atoms with Crippen molar-refractivity contribution < 1.29 is 9.53 Å². The van der Waals surface area contributed by atoms with E-state index >= 15 is 0 Å². The van der Waals surface area contributed by atoms with Gasteiger partial charge in [0.25, 0.3) is 0 Å². The van der Waals surface area contributed by atoms with E-state index in [4.69, 9.17) is 4.74 Å². The molecule has 1 fully saturated rings. The lowest BCUT2D eigenvalue weighted by Gasteiger charge is -2.27. The van der Waals surface area contributed by atoms with Gasteiger partial charge in [0, 0.05) is 38.7 Å². The van der Waals surface area contributed by atoms with Gasteiger partial charge >= 0.3 is 6.03 Å². The van der Waals surface area contributed by atoms with Gasteiger partial charge < -0.3 is 9.64 Å². The summed E-state index contributed by atoms with van der Waals surface area (Å²) in [6.07, 6.45) is 5.24. The predicted octanol–water partition coefficient (Wildman–Crippen LogP) is 3.64. The van der Waals surface area contributed by atoms with Crippen LogP contribution in [-0.4, -0.2) is 47.0 Å². The minimum absolute atomic E-state index is 0.0778. The normalized spacial score (nSPS) is 20.3. The first-order chi connectivity index (χ1) is 13.2. The highest BCUT2D eigenvalue weighted by atomic mass is 16.5. The lowest BCUT2D eigenvalue weighted by atomic mass is 9.99. The maximum atomic E-state index is 12.8. The summed E-state index contributed by atoms with van der Waals surface area (Å²) >= 11 is 0. The molecule has 2 aromatic rings. The first-order valence-corrected chi connectivity index (χ1v) is 9.63. The molecule has 142 valence electrons. The van der Waals surface area contributed by atoms with Crippen molar-refractivity contribution in [3.8, 4) is 0 Å². The number of hydrogen-bond acceptors (Lipinski definition) is 3. The average Bonchev–Trinajstić information content (AvgIpc) is 3.10. The first kappa shape index (κ1) is 17.8. The number of amides is 2. The highest BCUT2D eigenvalue weighted by molar-refractivity contribution is 5.90. The molecule has 2 aliphatic heterocycles. The van der Waals surface area contributed by atoms with Crippen LogP contribution in [0.1, 0.15) is 36.4 Å². The van der Waals surface area contributed by atoms with Crippen LogP contribution in [0.4, 0.5) is 10.6 Å². The Hall–Kier alpha value is -2.60. The molecular formula is C21H26N4O2. The van der Waals surface area contributed by atoms with Crippen LogP contribution in [0.15, 0.2) is 42.5 Å². The second-order valence-electron chi connectivity index (χ2n) is 7.23. The Morgan fingerprint density at radius 1 is 1.30 bits per heavy atom. The van der Waals surface area contributed by atoms with E-state index in [1.165, 1.54) is 11.1 Å². The molecule has 0 spiro atoms. The topological polar surface area (TPSA) is 59.4 Å². The zero-order valence-corrected chi connectivity index (χ0v) is 15.7. The van der Waals surface area contributed by atoms with Crippen molar-refractivity contribution in [3.05, 3.63) is 53.7 Å². The molecule has 1 aromatic heterocycles. The largest absolute Gasteiger partial charge is 0.381 e. The highest BCUT2D eigenvalue weighted by Gasteiger charge is 2.23. The van der Waals surface area contributed by atoms with Gasteiger partial charge in [-0.05, 0) is 30.4 Å². The van der Waals surface area contributed by atoms with E-state index in [-0.39, 0.29) is 6.03 Å². The van der Waals surface area contributed by atoms with E-state index in [0.29, 0.717) is 19.1 Å². The minimum Gasteiger partial charge on any atom is -0.381 e. The predicted molar refractivity (Wildman–Crippen MR) is 106 cm³/mol. The molecule has 1 aromatic carbocycles. The van der Waals surface area contributed by atoms with Crippen LogP contribution in [0.3, 0.4) is 0 Å². The number of urea groups is 1. The third kappa shape index (κ3) is 4.06. The number of hydrogen-bond donors (Lipinski definition) is 1. The Kier molecular flexibility index (Phi) is 5.25. The van der Waals surface area contributed by atoms with Gasteiger partial charge in [-0.3, -0.25) is 10.00 Å². The summed E-state index contributed by atoms with van der Waals surface area (Å²) in [5, 5.41) is 7.62. The van der Waals surface area contributed by atoms with Crippen LogP contribution in [0.25, 0.3) is 5.57 Å². The van der Waals surface area contributed by atoms with E-state index in [1.54, 1.807) is 4.68 Å². The van der Waals surface area contributed by atoms with Crippen LogP contribution in [0, 0.1) is 0 Å². The lowest BCUT2D eigenvalue weighted by Crippen LogP contribution is -2.38. The summed E-state index contributed by atoms with van der Waals surface area (Å²) in [7, 11) is 1.87. The van der Waals surface area contributed by atoms with Crippen molar-refractivity contribution >= 4 is 17.4 Å². The smallest absolute Gasteiger partial charge is 0.323 e. The highest BCUT2D eigenvalue weighted by Crippen LogP contribution is 2.27. The van der Waals surface area contributed by atoms with Gasteiger partial charge in [0.2, 0.25) is 0 Å². The van der Waals surface area contributed by atoms with Crippen LogP contribution in [-0.2, 0) is 11.8 Å². The molecule has 1 unspecified atom stereocenters. The number of ether oxygens (including phenoxy) is 1. The standard InChI is InChI=1S/C21H26N4O2/c1-24-20(13-19(23-24)18-10-6-12-27-15-18)22-21(26)25-11-5-9-17(14-25)16-7-3-2-4-8-16/h2-4,7-9,13,18H,5-6,10-12,14-15H2,1H3,(H,22,26). The van der Waals surface area contributed by atoms with Crippen LogP contribution >= 0.6 is 0 Å². The average molecular weight is 366 g/mol. The zero-order valence-electron chi connectivity index (χ0n) is 15.7. The third-order valence-electron chi connectivity index (χ3n) is 5.30.